The van der Waals surface area contributed by atoms with E-state index in [9.17, 15) is 19.7 Å². The van der Waals surface area contributed by atoms with E-state index >= 15 is 0 Å². The van der Waals surface area contributed by atoms with Crippen molar-refractivity contribution in [2.75, 3.05) is 33.2 Å². The first-order valence-electron chi connectivity index (χ1n) is 7.58. The molecule has 0 atom stereocenters. The van der Waals surface area contributed by atoms with Crippen LogP contribution in [0, 0.1) is 10.1 Å². The average Bonchev–Trinajstić information content (AvgIpc) is 2.54. The van der Waals surface area contributed by atoms with Crippen molar-refractivity contribution in [3.63, 3.8) is 0 Å². The average molecular weight is 332 g/mol. The summed E-state index contributed by atoms with van der Waals surface area (Å²) in [5.74, 6) is -0.654. The van der Waals surface area contributed by atoms with Crippen molar-refractivity contribution in [2.24, 2.45) is 0 Å². The molecule has 1 aliphatic rings. The smallest absolute Gasteiger partial charge is 0.270 e. The zero-order chi connectivity index (χ0) is 17.7. The lowest BCUT2D eigenvalue weighted by Crippen LogP contribution is -2.49. The van der Waals surface area contributed by atoms with Gasteiger partial charge in [0, 0.05) is 45.2 Å². The molecular weight excluding hydrogens is 312 g/mol. The fraction of sp³-hybridized carbons (Fsp3) is 0.375. The summed E-state index contributed by atoms with van der Waals surface area (Å²) in [5, 5.41) is 13.4. The van der Waals surface area contributed by atoms with Gasteiger partial charge in [0.15, 0.2) is 0 Å². The minimum atomic E-state index is -0.502. The highest BCUT2D eigenvalue weighted by atomic mass is 16.6. The lowest BCUT2D eigenvalue weighted by Gasteiger charge is -2.32. The summed E-state index contributed by atoms with van der Waals surface area (Å²) < 4.78 is 0. The number of nitrogens with zero attached hydrogens (tertiary/aromatic N) is 3. The van der Waals surface area contributed by atoms with Gasteiger partial charge in [-0.2, -0.15) is 0 Å². The second kappa shape index (κ2) is 7.69. The molecule has 128 valence electrons. The normalized spacial score (nSPS) is 15.9. The molecule has 8 nitrogen and oxygen atoms in total. The second-order valence-electron chi connectivity index (χ2n) is 5.69. The number of nitrogens with one attached hydrogen (secondary N) is 1. The molecule has 24 heavy (non-hydrogen) atoms. The first-order valence-corrected chi connectivity index (χ1v) is 7.58. The predicted molar refractivity (Wildman–Crippen MR) is 89.0 cm³/mol. The highest BCUT2D eigenvalue weighted by Crippen LogP contribution is 2.16. The van der Waals surface area contributed by atoms with Crippen LogP contribution in [-0.2, 0) is 9.59 Å². The topological polar surface area (TPSA) is 95.8 Å². The Kier molecular flexibility index (Phi) is 5.64. The van der Waals surface area contributed by atoms with Crippen molar-refractivity contribution in [3.05, 3.63) is 45.6 Å². The van der Waals surface area contributed by atoms with Gasteiger partial charge in [0.2, 0.25) is 5.91 Å². The van der Waals surface area contributed by atoms with Crippen LogP contribution in [0.2, 0.25) is 0 Å². The number of nitro benzene ring substituents is 1. The molecule has 1 N–H and O–H groups in total. The van der Waals surface area contributed by atoms with Gasteiger partial charge in [-0.15, -0.1) is 0 Å². The Morgan fingerprint density at radius 3 is 2.50 bits per heavy atom. The maximum absolute atomic E-state index is 12.7. The van der Waals surface area contributed by atoms with Gasteiger partial charge in [-0.1, -0.05) is 12.1 Å². The van der Waals surface area contributed by atoms with E-state index in [1.54, 1.807) is 11.0 Å². The molecule has 1 heterocycles. The van der Waals surface area contributed by atoms with E-state index < -0.39 is 4.92 Å². The van der Waals surface area contributed by atoms with Crippen molar-refractivity contribution in [3.8, 4) is 0 Å². The van der Waals surface area contributed by atoms with Crippen LogP contribution in [-0.4, -0.2) is 59.8 Å². The number of amides is 2. The number of carbonyl (C=O) groups excluding carboxylic acids is 2. The fourth-order valence-corrected chi connectivity index (χ4v) is 2.42. The molecule has 0 unspecified atom stereocenters. The van der Waals surface area contributed by atoms with Crippen molar-refractivity contribution >= 4 is 23.6 Å². The molecule has 1 aromatic carbocycles. The van der Waals surface area contributed by atoms with Crippen LogP contribution in [0.15, 0.2) is 30.0 Å². The largest absolute Gasteiger partial charge is 0.335 e. The highest BCUT2D eigenvalue weighted by Gasteiger charge is 2.23. The van der Waals surface area contributed by atoms with E-state index in [0.29, 0.717) is 18.7 Å². The molecule has 1 aromatic rings. The van der Waals surface area contributed by atoms with Crippen LogP contribution in [0.4, 0.5) is 5.69 Å². The molecule has 1 aliphatic heterocycles. The second-order valence-corrected chi connectivity index (χ2v) is 5.69. The number of hydrogen-bond acceptors (Lipinski definition) is 5. The molecule has 1 saturated heterocycles. The van der Waals surface area contributed by atoms with Crippen LogP contribution in [0.5, 0.6) is 0 Å². The van der Waals surface area contributed by atoms with Crippen molar-refractivity contribution < 1.29 is 14.5 Å². The summed E-state index contributed by atoms with van der Waals surface area (Å²) in [6.45, 7) is 3.98. The molecule has 8 heteroatoms. The van der Waals surface area contributed by atoms with Gasteiger partial charge in [0.05, 0.1) is 4.92 Å². The number of benzene rings is 1. The van der Waals surface area contributed by atoms with Gasteiger partial charge in [-0.05, 0) is 18.7 Å². The standard InChI is InChI=1S/C16H20N4O4/c1-12(21)17-15(16(22)19-8-6-18(2)7-9-19)11-13-4-3-5-14(10-13)20(23)24/h3-5,10-11H,6-9H2,1-2H3,(H,17,21)/b15-11+. The van der Waals surface area contributed by atoms with E-state index in [1.165, 1.54) is 31.2 Å². The van der Waals surface area contributed by atoms with Crippen LogP contribution in [0.3, 0.4) is 0 Å². The number of rotatable bonds is 4. The Morgan fingerprint density at radius 2 is 1.92 bits per heavy atom. The molecule has 1 fully saturated rings. The Hall–Kier alpha value is -2.74. The first kappa shape index (κ1) is 17.6. The predicted octanol–water partition coefficient (Wildman–Crippen LogP) is 0.846. The molecule has 2 rings (SSSR count). The summed E-state index contributed by atoms with van der Waals surface area (Å²) >= 11 is 0. The van der Waals surface area contributed by atoms with Gasteiger partial charge in [0.1, 0.15) is 5.70 Å². The van der Waals surface area contributed by atoms with E-state index in [2.05, 4.69) is 10.2 Å². The lowest BCUT2D eigenvalue weighted by atomic mass is 10.1. The number of likely N-dealkylation sites (N-methyl/N-ethyl adjacent to an activating group) is 1. The van der Waals surface area contributed by atoms with Crippen LogP contribution in [0.1, 0.15) is 12.5 Å². The molecule has 0 saturated carbocycles. The van der Waals surface area contributed by atoms with E-state index in [0.717, 1.165) is 13.1 Å². The molecule has 0 aromatic heterocycles. The summed E-state index contributed by atoms with van der Waals surface area (Å²) in [7, 11) is 1.98. The van der Waals surface area contributed by atoms with Gasteiger partial charge in [-0.25, -0.2) is 0 Å². The summed E-state index contributed by atoms with van der Waals surface area (Å²) in [6.07, 6.45) is 1.47. The molecule has 0 spiro atoms. The fourth-order valence-electron chi connectivity index (χ4n) is 2.42. The van der Waals surface area contributed by atoms with Gasteiger partial charge in [-0.3, -0.25) is 19.7 Å². The number of carbonyl (C=O) groups is 2. The zero-order valence-corrected chi connectivity index (χ0v) is 13.7. The van der Waals surface area contributed by atoms with Gasteiger partial charge >= 0.3 is 0 Å². The third-order valence-corrected chi connectivity index (χ3v) is 3.72. The molecule has 0 bridgehead atoms. The first-order chi connectivity index (χ1) is 11.4. The number of nitro groups is 1. The Morgan fingerprint density at radius 1 is 1.25 bits per heavy atom. The maximum Gasteiger partial charge on any atom is 0.270 e. The Bertz CT molecular complexity index is 678. The minimum Gasteiger partial charge on any atom is -0.335 e. The molecule has 0 radical (unpaired) electrons. The van der Waals surface area contributed by atoms with Crippen molar-refractivity contribution in [2.45, 2.75) is 6.92 Å². The van der Waals surface area contributed by atoms with Crippen LogP contribution >= 0.6 is 0 Å². The van der Waals surface area contributed by atoms with Crippen molar-refractivity contribution in [1.29, 1.82) is 0 Å². The summed E-state index contributed by atoms with van der Waals surface area (Å²) in [6, 6.07) is 5.92. The number of non-ortho nitro benzene ring substituents is 1. The number of hydrogen-bond donors (Lipinski definition) is 1. The van der Waals surface area contributed by atoms with E-state index in [4.69, 9.17) is 0 Å². The molecular formula is C16H20N4O4. The van der Waals surface area contributed by atoms with Crippen LogP contribution in [0.25, 0.3) is 6.08 Å². The Labute approximate surface area is 139 Å². The van der Waals surface area contributed by atoms with E-state index in [1.807, 2.05) is 7.05 Å². The van der Waals surface area contributed by atoms with Gasteiger partial charge < -0.3 is 15.1 Å². The third kappa shape index (κ3) is 4.63. The van der Waals surface area contributed by atoms with Crippen LogP contribution < -0.4 is 5.32 Å². The lowest BCUT2D eigenvalue weighted by molar-refractivity contribution is -0.384. The summed E-state index contributed by atoms with van der Waals surface area (Å²) in [5.41, 5.74) is 0.529. The summed E-state index contributed by atoms with van der Waals surface area (Å²) in [4.78, 5) is 38.2. The molecule has 0 aliphatic carbocycles. The Balaban J connectivity index is 2.27. The monoisotopic (exact) mass is 332 g/mol. The zero-order valence-electron chi connectivity index (χ0n) is 13.7. The van der Waals surface area contributed by atoms with E-state index in [-0.39, 0.29) is 23.2 Å². The van der Waals surface area contributed by atoms with Crippen molar-refractivity contribution in [1.82, 2.24) is 15.1 Å². The number of piperazine rings is 1. The highest BCUT2D eigenvalue weighted by molar-refractivity contribution is 6.01. The van der Waals surface area contributed by atoms with Gasteiger partial charge in [0.25, 0.3) is 11.6 Å². The molecule has 2 amide bonds. The third-order valence-electron chi connectivity index (χ3n) is 3.72. The maximum atomic E-state index is 12.7. The quantitative estimate of drug-likeness (QED) is 0.501. The SMILES string of the molecule is CC(=O)N/C(=C/c1cccc([N+](=O)[O-])c1)C(=O)N1CCN(C)CC1. The minimum absolute atomic E-state index is 0.0713.